The third-order valence-corrected chi connectivity index (χ3v) is 7.63. The number of aliphatic hydroxyl groups excluding tert-OH is 1. The topological polar surface area (TPSA) is 102 Å². The van der Waals surface area contributed by atoms with E-state index in [0.717, 1.165) is 12.8 Å². The minimum atomic E-state index is -0.914. The van der Waals surface area contributed by atoms with Gasteiger partial charge in [0, 0.05) is 6.04 Å². The standard InChI is InChI=1S/C28H43NO5/c1-6-24-17(3)8-11-25(34-24)18(4)13-16(2)7-9-21-19(5)22(21)10-12-26-28(32)23(29)14-20(33-26)15-27(30)31/h7-10,12-13,16,19-26,28,32H,6,11,14-15,29H2,1-5H3,(H,30,31)/b9-7+,12-10+,18-13+/t16-,19-,20+,21+,22+,23+,24-,25-,26+,28-/m1/s1. The Morgan fingerprint density at radius 2 is 1.97 bits per heavy atom. The number of aliphatic hydroxyl groups is 1. The highest BCUT2D eigenvalue weighted by Gasteiger charge is 2.43. The van der Waals surface area contributed by atoms with Crippen LogP contribution in [0.4, 0.5) is 0 Å². The van der Waals surface area contributed by atoms with Crippen molar-refractivity contribution in [2.75, 3.05) is 0 Å². The first-order valence-corrected chi connectivity index (χ1v) is 12.8. The minimum Gasteiger partial charge on any atom is -0.481 e. The van der Waals surface area contributed by atoms with Gasteiger partial charge in [-0.1, -0.05) is 57.2 Å². The highest BCUT2D eigenvalue weighted by molar-refractivity contribution is 5.67. The van der Waals surface area contributed by atoms with Crippen LogP contribution >= 0.6 is 0 Å². The first-order chi connectivity index (χ1) is 16.1. The Kier molecular flexibility index (Phi) is 9.33. The Labute approximate surface area is 204 Å². The highest BCUT2D eigenvalue weighted by Crippen LogP contribution is 2.48. The maximum atomic E-state index is 11.0. The smallest absolute Gasteiger partial charge is 0.305 e. The zero-order valence-electron chi connectivity index (χ0n) is 21.3. The minimum absolute atomic E-state index is 0.0956. The van der Waals surface area contributed by atoms with Gasteiger partial charge in [0.25, 0.3) is 0 Å². The summed E-state index contributed by atoms with van der Waals surface area (Å²) in [5.41, 5.74) is 8.65. The van der Waals surface area contributed by atoms with Crippen LogP contribution in [0.3, 0.4) is 0 Å². The van der Waals surface area contributed by atoms with Crippen molar-refractivity contribution in [1.82, 2.24) is 0 Å². The van der Waals surface area contributed by atoms with E-state index < -0.39 is 30.3 Å². The van der Waals surface area contributed by atoms with E-state index in [1.807, 2.05) is 6.08 Å². The molecule has 3 aliphatic rings. The Hall–Kier alpha value is -1.73. The molecule has 6 heteroatoms. The van der Waals surface area contributed by atoms with Gasteiger partial charge >= 0.3 is 5.97 Å². The molecule has 0 radical (unpaired) electrons. The molecule has 1 aliphatic carbocycles. The van der Waals surface area contributed by atoms with Gasteiger partial charge in [0.05, 0.1) is 30.8 Å². The van der Waals surface area contributed by atoms with Crippen LogP contribution in [0.25, 0.3) is 0 Å². The number of ether oxygens (including phenoxy) is 2. The Balaban J connectivity index is 1.53. The van der Waals surface area contributed by atoms with E-state index in [4.69, 9.17) is 20.3 Å². The van der Waals surface area contributed by atoms with Crippen LogP contribution in [0.1, 0.15) is 60.3 Å². The van der Waals surface area contributed by atoms with E-state index in [1.165, 1.54) is 11.1 Å². The summed E-state index contributed by atoms with van der Waals surface area (Å²) in [6.45, 7) is 10.9. The highest BCUT2D eigenvalue weighted by atomic mass is 16.5. The summed E-state index contributed by atoms with van der Waals surface area (Å²) in [6.07, 6.45) is 13.9. The molecular weight excluding hydrogens is 430 g/mol. The number of rotatable bonds is 9. The van der Waals surface area contributed by atoms with E-state index in [2.05, 4.69) is 65.0 Å². The Bertz CT molecular complexity index is 831. The van der Waals surface area contributed by atoms with E-state index >= 15 is 0 Å². The van der Waals surface area contributed by atoms with Crippen LogP contribution in [-0.2, 0) is 14.3 Å². The Morgan fingerprint density at radius 1 is 1.26 bits per heavy atom. The van der Waals surface area contributed by atoms with Gasteiger partial charge in [-0.2, -0.15) is 0 Å². The van der Waals surface area contributed by atoms with Gasteiger partial charge in [-0.25, -0.2) is 0 Å². The van der Waals surface area contributed by atoms with Crippen LogP contribution in [0.15, 0.2) is 47.6 Å². The fourth-order valence-corrected chi connectivity index (χ4v) is 5.28. The summed E-state index contributed by atoms with van der Waals surface area (Å²) in [6, 6.07) is -0.476. The summed E-state index contributed by atoms with van der Waals surface area (Å²) < 4.78 is 12.1. The molecular formula is C28H43NO5. The molecule has 0 unspecified atom stereocenters. The average molecular weight is 474 g/mol. The predicted octanol–water partition coefficient (Wildman–Crippen LogP) is 4.40. The SMILES string of the molecule is CC[C@H]1O[C@@H](/C(C)=C/[C@H](C)/C=C/[C@H]2[C@@H](C)[C@@H]2/C=C/[C@@H]2O[C@H](CC(=O)O)C[C@H](N)[C@H]2O)CC=C1C. The van der Waals surface area contributed by atoms with Crippen LogP contribution < -0.4 is 5.73 Å². The van der Waals surface area contributed by atoms with Gasteiger partial charge in [-0.15, -0.1) is 0 Å². The Morgan fingerprint density at radius 3 is 2.65 bits per heavy atom. The fraction of sp³-hybridized carbons (Fsp3) is 0.679. The largest absolute Gasteiger partial charge is 0.481 e. The molecule has 190 valence electrons. The number of allylic oxidation sites excluding steroid dienone is 4. The number of aliphatic carboxylic acids is 1. The molecule has 0 aromatic carbocycles. The third kappa shape index (κ3) is 6.91. The molecule has 0 amide bonds. The van der Waals surface area contributed by atoms with Gasteiger partial charge < -0.3 is 25.4 Å². The summed E-state index contributed by atoms with van der Waals surface area (Å²) in [5.74, 6) is 0.779. The average Bonchev–Trinajstić information content (AvgIpc) is 3.40. The van der Waals surface area contributed by atoms with E-state index in [-0.39, 0.29) is 18.6 Å². The van der Waals surface area contributed by atoms with Gasteiger partial charge in [0.15, 0.2) is 0 Å². The van der Waals surface area contributed by atoms with Crippen molar-refractivity contribution < 1.29 is 24.5 Å². The van der Waals surface area contributed by atoms with Crippen LogP contribution in [0.2, 0.25) is 0 Å². The van der Waals surface area contributed by atoms with E-state index in [9.17, 15) is 9.90 Å². The van der Waals surface area contributed by atoms with Crippen molar-refractivity contribution in [1.29, 1.82) is 0 Å². The predicted molar refractivity (Wildman–Crippen MR) is 134 cm³/mol. The molecule has 1 saturated heterocycles. The van der Waals surface area contributed by atoms with E-state index in [1.54, 1.807) is 0 Å². The van der Waals surface area contributed by atoms with Crippen molar-refractivity contribution in [2.45, 2.75) is 96.9 Å². The third-order valence-electron chi connectivity index (χ3n) is 7.63. The molecule has 10 atom stereocenters. The van der Waals surface area contributed by atoms with Crippen LogP contribution in [0.5, 0.6) is 0 Å². The lowest BCUT2D eigenvalue weighted by atomic mass is 9.94. The zero-order valence-corrected chi connectivity index (χ0v) is 21.3. The van der Waals surface area contributed by atoms with Gasteiger partial charge in [0.2, 0.25) is 0 Å². The normalized spacial score (nSPS) is 39.9. The lowest BCUT2D eigenvalue weighted by molar-refractivity contribution is -0.147. The molecule has 1 saturated carbocycles. The summed E-state index contributed by atoms with van der Waals surface area (Å²) >= 11 is 0. The quantitative estimate of drug-likeness (QED) is 0.429. The van der Waals surface area contributed by atoms with Crippen molar-refractivity contribution in [3.63, 3.8) is 0 Å². The van der Waals surface area contributed by atoms with Crippen molar-refractivity contribution >= 4 is 5.97 Å². The first kappa shape index (κ1) is 26.9. The molecule has 4 N–H and O–H groups in total. The summed E-state index contributed by atoms with van der Waals surface area (Å²) in [5, 5.41) is 19.4. The van der Waals surface area contributed by atoms with Crippen LogP contribution in [-0.4, -0.2) is 52.7 Å². The number of hydrogen-bond acceptors (Lipinski definition) is 5. The molecule has 34 heavy (non-hydrogen) atoms. The van der Waals surface area contributed by atoms with Crippen molar-refractivity contribution in [2.24, 2.45) is 29.4 Å². The van der Waals surface area contributed by atoms with Gasteiger partial charge in [-0.05, 0) is 67.9 Å². The molecule has 0 aromatic heterocycles. The maximum Gasteiger partial charge on any atom is 0.305 e. The second kappa shape index (κ2) is 11.8. The van der Waals surface area contributed by atoms with Crippen molar-refractivity contribution in [3.05, 3.63) is 47.6 Å². The molecule has 3 rings (SSSR count). The number of carbonyl (C=O) groups is 1. The number of carboxylic acids is 1. The number of hydrogen-bond donors (Lipinski definition) is 3. The second-order valence-corrected chi connectivity index (χ2v) is 10.5. The summed E-state index contributed by atoms with van der Waals surface area (Å²) in [4.78, 5) is 11.0. The molecule has 2 aliphatic heterocycles. The van der Waals surface area contributed by atoms with Crippen molar-refractivity contribution in [3.8, 4) is 0 Å². The zero-order chi connectivity index (χ0) is 25.0. The molecule has 0 bridgehead atoms. The molecule has 0 aromatic rings. The number of nitrogens with two attached hydrogens (primary N) is 1. The number of carboxylic acid groups (broad SMARTS) is 1. The van der Waals surface area contributed by atoms with E-state index in [0.29, 0.717) is 30.1 Å². The lowest BCUT2D eigenvalue weighted by Crippen LogP contribution is -2.51. The molecule has 6 nitrogen and oxygen atoms in total. The van der Waals surface area contributed by atoms with Gasteiger partial charge in [-0.3, -0.25) is 4.79 Å². The summed E-state index contributed by atoms with van der Waals surface area (Å²) in [7, 11) is 0. The fourth-order valence-electron chi connectivity index (χ4n) is 5.28. The second-order valence-electron chi connectivity index (χ2n) is 10.5. The molecule has 0 spiro atoms. The maximum absolute atomic E-state index is 11.0. The van der Waals surface area contributed by atoms with Crippen LogP contribution in [0, 0.1) is 23.7 Å². The van der Waals surface area contributed by atoms with Gasteiger partial charge in [0.1, 0.15) is 6.10 Å². The first-order valence-electron chi connectivity index (χ1n) is 12.8. The molecule has 2 heterocycles. The monoisotopic (exact) mass is 473 g/mol. The molecule has 2 fully saturated rings. The lowest BCUT2D eigenvalue weighted by Gasteiger charge is -2.36.